The number of aromatic nitrogens is 5. The fourth-order valence-corrected chi connectivity index (χ4v) is 3.04. The van der Waals surface area contributed by atoms with Crippen LogP contribution in [0.1, 0.15) is 11.1 Å². The maximum atomic E-state index is 6.25. The normalized spacial score (nSPS) is 10.9. The molecule has 2 aromatic heterocycles. The Morgan fingerprint density at radius 2 is 1.81 bits per heavy atom. The van der Waals surface area contributed by atoms with Gasteiger partial charge in [-0.25, -0.2) is 14.6 Å². The summed E-state index contributed by atoms with van der Waals surface area (Å²) >= 11 is 6.25. The Kier molecular flexibility index (Phi) is 4.84. The van der Waals surface area contributed by atoms with Crippen molar-refractivity contribution in [2.24, 2.45) is 0 Å². The summed E-state index contributed by atoms with van der Waals surface area (Å²) in [6.45, 7) is 1.03. The molecule has 4 aromatic rings. The molecule has 0 fully saturated rings. The second kappa shape index (κ2) is 7.59. The molecule has 1 N–H and O–H groups in total. The molecule has 8 heteroatoms. The van der Waals surface area contributed by atoms with Crippen molar-refractivity contribution >= 4 is 28.6 Å². The van der Waals surface area contributed by atoms with Gasteiger partial charge in [0.25, 0.3) is 0 Å². The Bertz CT molecular complexity index is 1080. The molecule has 0 atom stereocenters. The van der Waals surface area contributed by atoms with E-state index in [-0.39, 0.29) is 0 Å². The average molecular weight is 381 g/mol. The zero-order valence-electron chi connectivity index (χ0n) is 14.6. The first kappa shape index (κ1) is 17.2. The van der Waals surface area contributed by atoms with E-state index in [0.29, 0.717) is 35.1 Å². The van der Waals surface area contributed by atoms with Crippen LogP contribution in [0.4, 0.5) is 5.82 Å². The number of benzene rings is 2. The zero-order chi connectivity index (χ0) is 18.6. The van der Waals surface area contributed by atoms with Gasteiger partial charge in [0.05, 0.1) is 13.7 Å². The van der Waals surface area contributed by atoms with Crippen molar-refractivity contribution < 1.29 is 4.74 Å². The van der Waals surface area contributed by atoms with E-state index in [9.17, 15) is 0 Å². The Morgan fingerprint density at radius 1 is 1.04 bits per heavy atom. The predicted molar refractivity (Wildman–Crippen MR) is 104 cm³/mol. The summed E-state index contributed by atoms with van der Waals surface area (Å²) in [5.74, 6) is 1.44. The van der Waals surface area contributed by atoms with E-state index in [1.54, 1.807) is 11.8 Å². The maximum Gasteiger partial charge on any atom is 0.184 e. The third-order valence-electron chi connectivity index (χ3n) is 4.22. The summed E-state index contributed by atoms with van der Waals surface area (Å²) in [6.07, 6.45) is 1.50. The lowest BCUT2D eigenvalue weighted by Gasteiger charge is -2.10. The highest BCUT2D eigenvalue weighted by atomic mass is 35.5. The average Bonchev–Trinajstić information content (AvgIpc) is 3.12. The Morgan fingerprint density at radius 3 is 2.63 bits per heavy atom. The van der Waals surface area contributed by atoms with E-state index in [1.165, 1.54) is 6.33 Å². The Labute approximate surface area is 161 Å². The molecule has 0 unspecified atom stereocenters. The molecule has 4 rings (SSSR count). The van der Waals surface area contributed by atoms with Gasteiger partial charge >= 0.3 is 0 Å². The highest BCUT2D eigenvalue weighted by Gasteiger charge is 2.13. The van der Waals surface area contributed by atoms with Gasteiger partial charge in [0, 0.05) is 17.1 Å². The Balaban J connectivity index is 1.60. The summed E-state index contributed by atoms with van der Waals surface area (Å²) < 4.78 is 7.10. The largest absolute Gasteiger partial charge is 0.496 e. The minimum atomic E-state index is 0.485. The monoisotopic (exact) mass is 380 g/mol. The van der Waals surface area contributed by atoms with Crippen LogP contribution in [0.15, 0.2) is 54.9 Å². The van der Waals surface area contributed by atoms with Crippen LogP contribution in [0.25, 0.3) is 11.2 Å². The van der Waals surface area contributed by atoms with Gasteiger partial charge in [-0.1, -0.05) is 53.2 Å². The van der Waals surface area contributed by atoms with E-state index in [2.05, 4.69) is 25.6 Å². The van der Waals surface area contributed by atoms with Gasteiger partial charge in [-0.3, -0.25) is 0 Å². The van der Waals surface area contributed by atoms with Crippen LogP contribution in [0.3, 0.4) is 0 Å². The van der Waals surface area contributed by atoms with Crippen LogP contribution in [-0.4, -0.2) is 32.1 Å². The number of methoxy groups -OCH3 is 1. The molecule has 0 bridgehead atoms. The quantitative estimate of drug-likeness (QED) is 0.551. The first-order valence-electron chi connectivity index (χ1n) is 8.39. The highest BCUT2D eigenvalue weighted by Crippen LogP contribution is 2.22. The van der Waals surface area contributed by atoms with Gasteiger partial charge in [-0.15, -0.1) is 5.10 Å². The van der Waals surface area contributed by atoms with Crippen molar-refractivity contribution in [1.82, 2.24) is 25.0 Å². The van der Waals surface area contributed by atoms with Crippen LogP contribution in [0, 0.1) is 0 Å². The van der Waals surface area contributed by atoms with Crippen LogP contribution < -0.4 is 10.1 Å². The first-order valence-corrected chi connectivity index (χ1v) is 8.77. The van der Waals surface area contributed by atoms with Gasteiger partial charge < -0.3 is 10.1 Å². The van der Waals surface area contributed by atoms with Crippen LogP contribution in [0.2, 0.25) is 5.02 Å². The molecule has 0 saturated heterocycles. The highest BCUT2D eigenvalue weighted by molar-refractivity contribution is 6.31. The van der Waals surface area contributed by atoms with E-state index < -0.39 is 0 Å². The van der Waals surface area contributed by atoms with E-state index in [1.807, 2.05) is 48.5 Å². The van der Waals surface area contributed by atoms with Crippen molar-refractivity contribution in [3.63, 3.8) is 0 Å². The van der Waals surface area contributed by atoms with Crippen molar-refractivity contribution in [1.29, 1.82) is 0 Å². The lowest BCUT2D eigenvalue weighted by atomic mass is 10.2. The second-order valence-electron chi connectivity index (χ2n) is 5.90. The minimum absolute atomic E-state index is 0.485. The van der Waals surface area contributed by atoms with Gasteiger partial charge in [0.1, 0.15) is 12.1 Å². The molecule has 7 nitrogen and oxygen atoms in total. The summed E-state index contributed by atoms with van der Waals surface area (Å²) in [6, 6.07) is 15.5. The fraction of sp³-hybridized carbons (Fsp3) is 0.158. The van der Waals surface area contributed by atoms with Gasteiger partial charge in [0.2, 0.25) is 0 Å². The summed E-state index contributed by atoms with van der Waals surface area (Å²) in [5, 5.41) is 12.5. The predicted octanol–water partition coefficient (Wildman–Crippen LogP) is 3.54. The van der Waals surface area contributed by atoms with Gasteiger partial charge in [-0.05, 0) is 17.7 Å². The maximum absolute atomic E-state index is 6.25. The molecule has 0 aliphatic heterocycles. The van der Waals surface area contributed by atoms with Crippen molar-refractivity contribution in [2.45, 2.75) is 13.1 Å². The molecule has 0 radical (unpaired) electrons. The number of fused-ring (bicyclic) bond motifs is 1. The van der Waals surface area contributed by atoms with Crippen LogP contribution in [0.5, 0.6) is 5.75 Å². The molecule has 0 aliphatic carbocycles. The number of ether oxygens (including phenoxy) is 1. The lowest BCUT2D eigenvalue weighted by Crippen LogP contribution is -2.05. The second-order valence-corrected chi connectivity index (χ2v) is 6.31. The summed E-state index contributed by atoms with van der Waals surface area (Å²) in [4.78, 5) is 8.65. The lowest BCUT2D eigenvalue weighted by molar-refractivity contribution is 0.410. The third-order valence-corrected chi connectivity index (χ3v) is 4.59. The number of rotatable bonds is 6. The number of hydrogen-bond donors (Lipinski definition) is 1. The molecule has 0 saturated carbocycles. The number of anilines is 1. The number of halogens is 1. The SMILES string of the molecule is COc1ccccc1CNc1ncnc2c1nnn2Cc1ccccc1Cl. The molecule has 0 spiro atoms. The van der Waals surface area contributed by atoms with E-state index >= 15 is 0 Å². The molecular weight excluding hydrogens is 364 g/mol. The van der Waals surface area contributed by atoms with Crippen molar-refractivity contribution in [3.8, 4) is 5.75 Å². The van der Waals surface area contributed by atoms with E-state index in [4.69, 9.17) is 16.3 Å². The molecular formula is C19H17ClN6O. The van der Waals surface area contributed by atoms with Crippen LogP contribution >= 0.6 is 11.6 Å². The van der Waals surface area contributed by atoms with Crippen molar-refractivity contribution in [2.75, 3.05) is 12.4 Å². The molecule has 2 aromatic carbocycles. The first-order chi connectivity index (χ1) is 13.3. The number of hydrogen-bond acceptors (Lipinski definition) is 6. The number of nitrogens with zero attached hydrogens (tertiary/aromatic N) is 5. The molecule has 27 heavy (non-hydrogen) atoms. The molecule has 2 heterocycles. The smallest absolute Gasteiger partial charge is 0.184 e. The fourth-order valence-electron chi connectivity index (χ4n) is 2.84. The molecule has 0 amide bonds. The van der Waals surface area contributed by atoms with Crippen LogP contribution in [-0.2, 0) is 13.1 Å². The minimum Gasteiger partial charge on any atom is -0.496 e. The zero-order valence-corrected chi connectivity index (χ0v) is 15.4. The third kappa shape index (κ3) is 3.54. The topological polar surface area (TPSA) is 77.8 Å². The number of nitrogens with one attached hydrogen (secondary N) is 1. The standard InChI is InChI=1S/C19H17ClN6O/c1-27-16-9-5-3-6-13(16)10-21-18-17-19(23-12-22-18)26(25-24-17)11-14-7-2-4-8-15(14)20/h2-9,12H,10-11H2,1H3,(H,21,22,23). The Hall–Kier alpha value is -3.19. The van der Waals surface area contributed by atoms with Crippen molar-refractivity contribution in [3.05, 3.63) is 71.0 Å². The van der Waals surface area contributed by atoms with Gasteiger partial charge in [0.15, 0.2) is 17.0 Å². The summed E-state index contributed by atoms with van der Waals surface area (Å²) in [5.41, 5.74) is 3.23. The number of para-hydroxylation sites is 1. The van der Waals surface area contributed by atoms with E-state index in [0.717, 1.165) is 16.9 Å². The molecule has 136 valence electrons. The molecule has 0 aliphatic rings. The van der Waals surface area contributed by atoms with Gasteiger partial charge in [-0.2, -0.15) is 0 Å². The summed E-state index contributed by atoms with van der Waals surface area (Å²) in [7, 11) is 1.65.